The summed E-state index contributed by atoms with van der Waals surface area (Å²) in [6.45, 7) is 0. The van der Waals surface area contributed by atoms with Crippen LogP contribution < -0.4 is 5.73 Å². The largest absolute Gasteiger partial charge is 0.366 e. The summed E-state index contributed by atoms with van der Waals surface area (Å²) in [5.74, 6) is -0.800. The van der Waals surface area contributed by atoms with Crippen LogP contribution in [-0.4, -0.2) is 10.8 Å². The Bertz CT molecular complexity index is 493. The Morgan fingerprint density at radius 1 is 1.60 bits per heavy atom. The van der Waals surface area contributed by atoms with Crippen molar-refractivity contribution in [1.29, 1.82) is 5.26 Å². The molecule has 0 atom stereocenters. The normalized spacial score (nSPS) is 9.33. The second-order valence-corrected chi connectivity index (χ2v) is 3.67. The Morgan fingerprint density at radius 2 is 2.20 bits per heavy atom. The minimum atomic E-state index is -0.800. The molecule has 0 aromatic heterocycles. The van der Waals surface area contributed by atoms with Gasteiger partial charge in [0.05, 0.1) is 10.5 Å². The maximum Gasteiger partial charge on any atom is 0.284 e. The molecule has 0 aliphatic heterocycles. The molecule has 1 amide bonds. The molecule has 7 heteroatoms. The number of primary amides is 1. The lowest BCUT2D eigenvalue weighted by Gasteiger charge is -2.00. The van der Waals surface area contributed by atoms with E-state index < -0.39 is 10.8 Å². The smallest absolute Gasteiger partial charge is 0.284 e. The van der Waals surface area contributed by atoms with Crippen LogP contribution in [-0.2, 0) is 0 Å². The monoisotopic (exact) mass is 317 g/mol. The molecule has 6 nitrogen and oxygen atoms in total. The SMILES string of the molecule is N#Cc1cc(C(N)=O)cc([N+](=O)[O-])c1I. The van der Waals surface area contributed by atoms with E-state index in [-0.39, 0.29) is 20.4 Å². The van der Waals surface area contributed by atoms with Crippen LogP contribution in [0, 0.1) is 25.0 Å². The fraction of sp³-hybridized carbons (Fsp3) is 0. The average Bonchev–Trinajstić information content (AvgIpc) is 2.17. The van der Waals surface area contributed by atoms with Gasteiger partial charge >= 0.3 is 0 Å². The minimum absolute atomic E-state index is 0.0429. The van der Waals surface area contributed by atoms with Gasteiger partial charge in [0.1, 0.15) is 9.64 Å². The summed E-state index contributed by atoms with van der Waals surface area (Å²) in [6, 6.07) is 4.06. The molecule has 0 aliphatic rings. The number of rotatable bonds is 2. The second-order valence-electron chi connectivity index (χ2n) is 2.59. The van der Waals surface area contributed by atoms with Crippen LogP contribution in [0.5, 0.6) is 0 Å². The molecular formula is C8H4IN3O3. The van der Waals surface area contributed by atoms with Gasteiger partial charge in [-0.15, -0.1) is 0 Å². The zero-order chi connectivity index (χ0) is 11.6. The Balaban J connectivity index is 3.54. The van der Waals surface area contributed by atoms with Crippen molar-refractivity contribution in [3.8, 4) is 6.07 Å². The van der Waals surface area contributed by atoms with Gasteiger partial charge in [-0.1, -0.05) is 0 Å². The first kappa shape index (κ1) is 11.4. The zero-order valence-electron chi connectivity index (χ0n) is 7.23. The Kier molecular flexibility index (Phi) is 3.21. The highest BCUT2D eigenvalue weighted by atomic mass is 127. The summed E-state index contributed by atoms with van der Waals surface area (Å²) < 4.78 is 0.199. The molecule has 2 N–H and O–H groups in total. The number of nitrogens with zero attached hydrogens (tertiary/aromatic N) is 2. The molecule has 76 valence electrons. The standard InChI is InChI=1S/C8H4IN3O3/c9-7-5(3-10)1-4(8(11)13)2-6(7)12(14)15/h1-2H,(H2,11,13). The van der Waals surface area contributed by atoms with Crippen LogP contribution in [0.2, 0.25) is 0 Å². The van der Waals surface area contributed by atoms with Crippen molar-refractivity contribution in [3.63, 3.8) is 0 Å². The summed E-state index contributed by atoms with van der Waals surface area (Å²) in [7, 11) is 0. The number of nitriles is 1. The third-order valence-corrected chi connectivity index (χ3v) is 2.79. The summed E-state index contributed by atoms with van der Waals surface area (Å²) in [4.78, 5) is 20.8. The van der Waals surface area contributed by atoms with E-state index in [0.29, 0.717) is 0 Å². The molecule has 0 saturated heterocycles. The van der Waals surface area contributed by atoms with Crippen molar-refractivity contribution in [1.82, 2.24) is 0 Å². The number of hydrogen-bond acceptors (Lipinski definition) is 4. The van der Waals surface area contributed by atoms with Crippen LogP contribution in [0.3, 0.4) is 0 Å². The van der Waals surface area contributed by atoms with Gasteiger partial charge in [-0.3, -0.25) is 14.9 Å². The van der Waals surface area contributed by atoms with Crippen molar-refractivity contribution in [2.75, 3.05) is 0 Å². The van der Waals surface area contributed by atoms with E-state index >= 15 is 0 Å². The topological polar surface area (TPSA) is 110 Å². The Morgan fingerprint density at radius 3 is 2.60 bits per heavy atom. The number of amides is 1. The average molecular weight is 317 g/mol. The number of nitro benzene ring substituents is 1. The number of benzene rings is 1. The number of carbonyl (C=O) groups is 1. The quantitative estimate of drug-likeness (QED) is 0.501. The highest BCUT2D eigenvalue weighted by molar-refractivity contribution is 14.1. The first-order valence-electron chi connectivity index (χ1n) is 3.65. The van der Waals surface area contributed by atoms with E-state index in [9.17, 15) is 14.9 Å². The van der Waals surface area contributed by atoms with E-state index in [0.717, 1.165) is 6.07 Å². The predicted molar refractivity (Wildman–Crippen MR) is 59.0 cm³/mol. The molecule has 0 spiro atoms. The summed E-state index contributed by atoms with van der Waals surface area (Å²) in [5.41, 5.74) is 4.72. The maximum atomic E-state index is 10.8. The summed E-state index contributed by atoms with van der Waals surface area (Å²) in [5, 5.41) is 19.3. The number of halogens is 1. The van der Waals surface area contributed by atoms with Crippen LogP contribution in [0.4, 0.5) is 5.69 Å². The van der Waals surface area contributed by atoms with Gasteiger partial charge in [0.2, 0.25) is 5.91 Å². The second kappa shape index (κ2) is 4.22. The lowest BCUT2D eigenvalue weighted by Crippen LogP contribution is -2.12. The van der Waals surface area contributed by atoms with Gasteiger partial charge < -0.3 is 5.73 Å². The number of carbonyl (C=O) groups excluding carboxylic acids is 1. The molecule has 1 aromatic carbocycles. The van der Waals surface area contributed by atoms with Crippen LogP contribution >= 0.6 is 22.6 Å². The fourth-order valence-electron chi connectivity index (χ4n) is 0.966. The predicted octanol–water partition coefficient (Wildman–Crippen LogP) is 1.17. The molecule has 0 heterocycles. The van der Waals surface area contributed by atoms with Gasteiger partial charge in [-0.2, -0.15) is 5.26 Å². The van der Waals surface area contributed by atoms with Gasteiger partial charge in [-0.05, 0) is 28.7 Å². The third-order valence-electron chi connectivity index (χ3n) is 1.66. The zero-order valence-corrected chi connectivity index (χ0v) is 9.39. The molecule has 0 unspecified atom stereocenters. The Labute approximate surface area is 98.0 Å². The molecule has 0 fully saturated rings. The van der Waals surface area contributed by atoms with E-state index in [4.69, 9.17) is 11.0 Å². The molecule has 0 radical (unpaired) electrons. The minimum Gasteiger partial charge on any atom is -0.366 e. The van der Waals surface area contributed by atoms with Gasteiger partial charge in [0, 0.05) is 11.6 Å². The molecule has 0 bridgehead atoms. The van der Waals surface area contributed by atoms with Crippen molar-refractivity contribution in [3.05, 3.63) is 36.9 Å². The van der Waals surface area contributed by atoms with Crippen LogP contribution in [0.25, 0.3) is 0 Å². The van der Waals surface area contributed by atoms with Crippen molar-refractivity contribution in [2.45, 2.75) is 0 Å². The van der Waals surface area contributed by atoms with Crippen molar-refractivity contribution in [2.24, 2.45) is 5.73 Å². The fourth-order valence-corrected chi connectivity index (χ4v) is 1.59. The van der Waals surface area contributed by atoms with Crippen LogP contribution in [0.15, 0.2) is 12.1 Å². The van der Waals surface area contributed by atoms with Crippen molar-refractivity contribution < 1.29 is 9.72 Å². The maximum absolute atomic E-state index is 10.8. The molecule has 0 saturated carbocycles. The van der Waals surface area contributed by atoms with Gasteiger partial charge in [-0.25, -0.2) is 0 Å². The highest BCUT2D eigenvalue weighted by Crippen LogP contribution is 2.25. The van der Waals surface area contributed by atoms with Gasteiger partial charge in [0.25, 0.3) is 5.69 Å². The molecule has 0 aliphatic carbocycles. The van der Waals surface area contributed by atoms with E-state index in [1.165, 1.54) is 6.07 Å². The van der Waals surface area contributed by atoms with Gasteiger partial charge in [0.15, 0.2) is 0 Å². The first-order chi connectivity index (χ1) is 6.97. The summed E-state index contributed by atoms with van der Waals surface area (Å²) in [6.07, 6.45) is 0. The lowest BCUT2D eigenvalue weighted by molar-refractivity contribution is -0.385. The molecular weight excluding hydrogens is 313 g/mol. The molecule has 15 heavy (non-hydrogen) atoms. The number of nitro groups is 1. The number of hydrogen-bond donors (Lipinski definition) is 1. The van der Waals surface area contributed by atoms with Crippen molar-refractivity contribution >= 4 is 34.2 Å². The van der Waals surface area contributed by atoms with E-state index in [2.05, 4.69) is 0 Å². The van der Waals surface area contributed by atoms with E-state index in [1.807, 2.05) is 0 Å². The van der Waals surface area contributed by atoms with E-state index in [1.54, 1.807) is 28.7 Å². The Hall–Kier alpha value is -1.69. The summed E-state index contributed by atoms with van der Waals surface area (Å²) >= 11 is 1.68. The van der Waals surface area contributed by atoms with Crippen LogP contribution in [0.1, 0.15) is 15.9 Å². The number of nitrogens with two attached hydrogens (primary N) is 1. The third kappa shape index (κ3) is 2.21. The molecule has 1 aromatic rings. The molecule has 1 rings (SSSR count). The first-order valence-corrected chi connectivity index (χ1v) is 4.73. The highest BCUT2D eigenvalue weighted by Gasteiger charge is 2.19. The lowest BCUT2D eigenvalue weighted by atomic mass is 10.1.